The number of unbranched alkanes of at least 4 members (excludes halogenated alkanes) is 7. The SMILES string of the molecule is C=CCCCCCCCCCOCCOCCOC. The Kier molecular flexibility index (Phi) is 17.3. The monoisotopic (exact) mass is 272 g/mol. The van der Waals surface area contributed by atoms with Crippen molar-refractivity contribution in [3.05, 3.63) is 12.7 Å². The van der Waals surface area contributed by atoms with Crippen molar-refractivity contribution in [2.24, 2.45) is 0 Å². The van der Waals surface area contributed by atoms with Crippen molar-refractivity contribution in [2.45, 2.75) is 51.4 Å². The van der Waals surface area contributed by atoms with Crippen LogP contribution in [-0.2, 0) is 14.2 Å². The second-order valence-corrected chi connectivity index (χ2v) is 4.77. The van der Waals surface area contributed by atoms with Crippen LogP contribution in [0.25, 0.3) is 0 Å². The van der Waals surface area contributed by atoms with E-state index in [-0.39, 0.29) is 0 Å². The molecular formula is C16H32O3. The Labute approximate surface area is 119 Å². The Hall–Kier alpha value is -0.380. The summed E-state index contributed by atoms with van der Waals surface area (Å²) in [4.78, 5) is 0. The smallest absolute Gasteiger partial charge is 0.0701 e. The summed E-state index contributed by atoms with van der Waals surface area (Å²) in [5, 5.41) is 0. The lowest BCUT2D eigenvalue weighted by molar-refractivity contribution is 0.0239. The van der Waals surface area contributed by atoms with Crippen LogP contribution in [0.5, 0.6) is 0 Å². The van der Waals surface area contributed by atoms with Crippen LogP contribution >= 0.6 is 0 Å². The highest BCUT2D eigenvalue weighted by molar-refractivity contribution is 4.65. The van der Waals surface area contributed by atoms with Crippen LogP contribution in [0, 0.1) is 0 Å². The third-order valence-corrected chi connectivity index (χ3v) is 3.00. The van der Waals surface area contributed by atoms with Gasteiger partial charge in [-0.25, -0.2) is 0 Å². The molecule has 0 aromatic carbocycles. The molecule has 3 heteroatoms. The maximum atomic E-state index is 5.50. The minimum Gasteiger partial charge on any atom is -0.382 e. The van der Waals surface area contributed by atoms with Gasteiger partial charge in [0, 0.05) is 13.7 Å². The van der Waals surface area contributed by atoms with Crippen molar-refractivity contribution >= 4 is 0 Å². The van der Waals surface area contributed by atoms with E-state index >= 15 is 0 Å². The normalized spacial score (nSPS) is 10.8. The molecule has 0 spiro atoms. The Morgan fingerprint density at radius 3 is 1.84 bits per heavy atom. The third-order valence-electron chi connectivity index (χ3n) is 3.00. The molecule has 0 aromatic rings. The van der Waals surface area contributed by atoms with Gasteiger partial charge in [0.2, 0.25) is 0 Å². The van der Waals surface area contributed by atoms with Gasteiger partial charge in [0.25, 0.3) is 0 Å². The van der Waals surface area contributed by atoms with Crippen molar-refractivity contribution in [3.8, 4) is 0 Å². The van der Waals surface area contributed by atoms with Crippen LogP contribution in [0.1, 0.15) is 51.4 Å². The van der Waals surface area contributed by atoms with Gasteiger partial charge < -0.3 is 14.2 Å². The van der Waals surface area contributed by atoms with Crippen LogP contribution in [0.2, 0.25) is 0 Å². The number of rotatable bonds is 16. The molecule has 0 saturated carbocycles. The molecule has 0 bridgehead atoms. The first-order valence-corrected chi connectivity index (χ1v) is 7.67. The van der Waals surface area contributed by atoms with E-state index in [1.165, 1.54) is 51.4 Å². The summed E-state index contributed by atoms with van der Waals surface area (Å²) in [7, 11) is 1.68. The van der Waals surface area contributed by atoms with E-state index in [2.05, 4.69) is 6.58 Å². The fourth-order valence-corrected chi connectivity index (χ4v) is 1.84. The molecule has 0 saturated heterocycles. The summed E-state index contributed by atoms with van der Waals surface area (Å²) in [6, 6.07) is 0. The molecule has 0 amide bonds. The largest absolute Gasteiger partial charge is 0.382 e. The van der Waals surface area contributed by atoms with Gasteiger partial charge in [-0.1, -0.05) is 38.2 Å². The Morgan fingerprint density at radius 2 is 1.21 bits per heavy atom. The van der Waals surface area contributed by atoms with Gasteiger partial charge in [-0.15, -0.1) is 6.58 Å². The number of allylic oxidation sites excluding steroid dienone is 1. The molecule has 0 rings (SSSR count). The first kappa shape index (κ1) is 18.6. The van der Waals surface area contributed by atoms with Gasteiger partial charge in [0.05, 0.1) is 26.4 Å². The topological polar surface area (TPSA) is 27.7 Å². The van der Waals surface area contributed by atoms with Crippen molar-refractivity contribution < 1.29 is 14.2 Å². The molecule has 0 aliphatic heterocycles. The number of ether oxygens (including phenoxy) is 3. The Bertz CT molecular complexity index is 171. The molecule has 0 unspecified atom stereocenters. The molecule has 19 heavy (non-hydrogen) atoms. The fourth-order valence-electron chi connectivity index (χ4n) is 1.84. The maximum Gasteiger partial charge on any atom is 0.0701 e. The zero-order chi connectivity index (χ0) is 14.0. The third kappa shape index (κ3) is 17.6. The van der Waals surface area contributed by atoms with Crippen LogP contribution in [0.4, 0.5) is 0 Å². The Morgan fingerprint density at radius 1 is 0.684 bits per heavy atom. The summed E-state index contributed by atoms with van der Waals surface area (Å²) in [6.45, 7) is 7.29. The highest BCUT2D eigenvalue weighted by Gasteiger charge is 1.93. The van der Waals surface area contributed by atoms with Gasteiger partial charge >= 0.3 is 0 Å². The minimum absolute atomic E-state index is 0.658. The molecular weight excluding hydrogens is 240 g/mol. The molecule has 0 aliphatic rings. The molecule has 3 nitrogen and oxygen atoms in total. The zero-order valence-corrected chi connectivity index (χ0v) is 12.7. The van der Waals surface area contributed by atoms with Crippen LogP contribution in [0.3, 0.4) is 0 Å². The quantitative estimate of drug-likeness (QED) is 0.314. The van der Waals surface area contributed by atoms with Crippen molar-refractivity contribution in [1.82, 2.24) is 0 Å². The number of hydrogen-bond acceptors (Lipinski definition) is 3. The summed E-state index contributed by atoms with van der Waals surface area (Å²) >= 11 is 0. The predicted molar refractivity (Wildman–Crippen MR) is 80.6 cm³/mol. The van der Waals surface area contributed by atoms with Crippen LogP contribution in [0.15, 0.2) is 12.7 Å². The second-order valence-electron chi connectivity index (χ2n) is 4.77. The molecule has 114 valence electrons. The molecule has 0 aromatic heterocycles. The average Bonchev–Trinajstić information content (AvgIpc) is 2.43. The van der Waals surface area contributed by atoms with Gasteiger partial charge in [-0.3, -0.25) is 0 Å². The van der Waals surface area contributed by atoms with E-state index in [4.69, 9.17) is 14.2 Å². The molecule has 0 heterocycles. The summed E-state index contributed by atoms with van der Waals surface area (Å²) in [5.74, 6) is 0. The molecule has 0 fully saturated rings. The second kappa shape index (κ2) is 17.6. The van der Waals surface area contributed by atoms with Gasteiger partial charge in [-0.2, -0.15) is 0 Å². The minimum atomic E-state index is 0.658. The maximum absolute atomic E-state index is 5.50. The molecule has 0 N–H and O–H groups in total. The first-order chi connectivity index (χ1) is 9.41. The lowest BCUT2D eigenvalue weighted by atomic mass is 10.1. The molecule has 0 radical (unpaired) electrons. The number of hydrogen-bond donors (Lipinski definition) is 0. The van der Waals surface area contributed by atoms with E-state index in [9.17, 15) is 0 Å². The van der Waals surface area contributed by atoms with Gasteiger partial charge in [-0.05, 0) is 19.3 Å². The Balaban J connectivity index is 2.89. The zero-order valence-electron chi connectivity index (χ0n) is 12.7. The number of methoxy groups -OCH3 is 1. The van der Waals surface area contributed by atoms with E-state index < -0.39 is 0 Å². The first-order valence-electron chi connectivity index (χ1n) is 7.67. The summed E-state index contributed by atoms with van der Waals surface area (Å²) in [5.41, 5.74) is 0. The highest BCUT2D eigenvalue weighted by Crippen LogP contribution is 2.08. The standard InChI is InChI=1S/C16H32O3/c1-3-4-5-6-7-8-9-10-11-12-18-15-16-19-14-13-17-2/h3H,1,4-16H2,2H3. The highest BCUT2D eigenvalue weighted by atomic mass is 16.5. The van der Waals surface area contributed by atoms with Crippen LogP contribution in [-0.4, -0.2) is 40.1 Å². The average molecular weight is 272 g/mol. The van der Waals surface area contributed by atoms with Crippen LogP contribution < -0.4 is 0 Å². The molecule has 0 atom stereocenters. The van der Waals surface area contributed by atoms with E-state index in [0.29, 0.717) is 26.4 Å². The summed E-state index contributed by atoms with van der Waals surface area (Å²) in [6.07, 6.45) is 12.3. The lowest BCUT2D eigenvalue weighted by Crippen LogP contribution is -2.08. The van der Waals surface area contributed by atoms with Crippen molar-refractivity contribution in [3.63, 3.8) is 0 Å². The fraction of sp³-hybridized carbons (Fsp3) is 0.875. The van der Waals surface area contributed by atoms with Crippen molar-refractivity contribution in [2.75, 3.05) is 40.1 Å². The van der Waals surface area contributed by atoms with Crippen molar-refractivity contribution in [1.29, 1.82) is 0 Å². The van der Waals surface area contributed by atoms with E-state index in [0.717, 1.165) is 6.61 Å². The van der Waals surface area contributed by atoms with E-state index in [1.54, 1.807) is 7.11 Å². The van der Waals surface area contributed by atoms with Gasteiger partial charge in [0.1, 0.15) is 0 Å². The predicted octanol–water partition coefficient (Wildman–Crippen LogP) is 3.97. The lowest BCUT2D eigenvalue weighted by Gasteiger charge is -2.05. The summed E-state index contributed by atoms with van der Waals surface area (Å²) < 4.78 is 15.7. The van der Waals surface area contributed by atoms with E-state index in [1.807, 2.05) is 6.08 Å². The van der Waals surface area contributed by atoms with Gasteiger partial charge in [0.15, 0.2) is 0 Å². The molecule has 0 aliphatic carbocycles.